The Morgan fingerprint density at radius 1 is 1.35 bits per heavy atom. The lowest BCUT2D eigenvalue weighted by Crippen LogP contribution is -2.13. The van der Waals surface area contributed by atoms with Gasteiger partial charge in [0.15, 0.2) is 0 Å². The molecule has 1 aromatic carbocycles. The Bertz CT molecular complexity index is 827. The first kappa shape index (κ1) is 20.8. The van der Waals surface area contributed by atoms with Gasteiger partial charge in [-0.2, -0.15) is 13.2 Å². The second-order valence-electron chi connectivity index (χ2n) is 5.08. The Balaban J connectivity index is 2.58. The fraction of sp³-hybridized carbons (Fsp3) is 0.235. The SMILES string of the molecule is CCSc1ccccc1C(C)=NC1=C(C(=N)Cl)SN=CC(C(F)(F)F)=C1. The first-order chi connectivity index (χ1) is 12.2. The molecule has 0 saturated heterocycles. The van der Waals surface area contributed by atoms with Crippen molar-refractivity contribution in [3.8, 4) is 0 Å². The van der Waals surface area contributed by atoms with Crippen LogP contribution in [0.3, 0.4) is 0 Å². The summed E-state index contributed by atoms with van der Waals surface area (Å²) in [5, 5.41) is 7.22. The third kappa shape index (κ3) is 5.25. The van der Waals surface area contributed by atoms with E-state index in [1.165, 1.54) is 0 Å². The lowest BCUT2D eigenvalue weighted by molar-refractivity contribution is -0.0856. The molecule has 0 atom stereocenters. The van der Waals surface area contributed by atoms with E-state index in [2.05, 4.69) is 9.39 Å². The maximum Gasteiger partial charge on any atom is 0.417 e. The summed E-state index contributed by atoms with van der Waals surface area (Å²) in [7, 11) is 0. The van der Waals surface area contributed by atoms with Crippen LogP contribution < -0.4 is 0 Å². The Hall–Kier alpha value is -1.51. The maximum atomic E-state index is 13.1. The van der Waals surface area contributed by atoms with E-state index in [1.807, 2.05) is 31.2 Å². The molecule has 1 N–H and O–H groups in total. The minimum Gasteiger partial charge on any atom is -0.288 e. The lowest BCUT2D eigenvalue weighted by atomic mass is 10.1. The summed E-state index contributed by atoms with van der Waals surface area (Å²) in [4.78, 5) is 5.41. The Labute approximate surface area is 163 Å². The highest BCUT2D eigenvalue weighted by Crippen LogP contribution is 2.34. The highest BCUT2D eigenvalue weighted by atomic mass is 35.5. The number of thioether (sulfide) groups is 1. The Morgan fingerprint density at radius 2 is 2.04 bits per heavy atom. The number of hydrogen-bond donors (Lipinski definition) is 1. The number of benzene rings is 1. The molecule has 0 saturated carbocycles. The molecule has 9 heteroatoms. The smallest absolute Gasteiger partial charge is 0.288 e. The first-order valence-electron chi connectivity index (χ1n) is 7.49. The van der Waals surface area contributed by atoms with Gasteiger partial charge in [0.05, 0.1) is 16.2 Å². The number of nitrogens with zero attached hydrogens (tertiary/aromatic N) is 2. The van der Waals surface area contributed by atoms with E-state index in [4.69, 9.17) is 17.0 Å². The minimum atomic E-state index is -4.57. The van der Waals surface area contributed by atoms with Gasteiger partial charge >= 0.3 is 6.18 Å². The molecule has 0 fully saturated rings. The van der Waals surface area contributed by atoms with Crippen molar-refractivity contribution in [3.05, 3.63) is 52.1 Å². The average Bonchev–Trinajstić information content (AvgIpc) is 2.78. The van der Waals surface area contributed by atoms with Crippen molar-refractivity contribution < 1.29 is 13.2 Å². The van der Waals surface area contributed by atoms with E-state index in [0.717, 1.165) is 22.3 Å². The number of nitrogens with one attached hydrogen (secondary N) is 1. The molecule has 26 heavy (non-hydrogen) atoms. The largest absolute Gasteiger partial charge is 0.417 e. The van der Waals surface area contributed by atoms with Gasteiger partial charge in [0.1, 0.15) is 5.17 Å². The van der Waals surface area contributed by atoms with Gasteiger partial charge in [0.25, 0.3) is 0 Å². The van der Waals surface area contributed by atoms with Gasteiger partial charge in [-0.25, -0.2) is 4.40 Å². The van der Waals surface area contributed by atoms with Crippen molar-refractivity contribution in [2.45, 2.75) is 24.9 Å². The number of alkyl halides is 3. The van der Waals surface area contributed by atoms with E-state index in [0.29, 0.717) is 23.9 Å². The monoisotopic (exact) mass is 417 g/mol. The Morgan fingerprint density at radius 3 is 2.65 bits per heavy atom. The van der Waals surface area contributed by atoms with Gasteiger partial charge in [-0.05, 0) is 24.8 Å². The predicted octanol–water partition coefficient (Wildman–Crippen LogP) is 6.26. The summed E-state index contributed by atoms with van der Waals surface area (Å²) in [6.07, 6.45) is -2.99. The van der Waals surface area contributed by atoms with Crippen LogP contribution in [0.4, 0.5) is 13.2 Å². The summed E-state index contributed by atoms with van der Waals surface area (Å²) in [5.41, 5.74) is 0.381. The van der Waals surface area contributed by atoms with Gasteiger partial charge in [0, 0.05) is 34.3 Å². The van der Waals surface area contributed by atoms with Crippen molar-refractivity contribution in [1.29, 1.82) is 5.41 Å². The molecule has 0 aliphatic carbocycles. The molecule has 1 heterocycles. The van der Waals surface area contributed by atoms with E-state index in [9.17, 15) is 13.2 Å². The van der Waals surface area contributed by atoms with Crippen molar-refractivity contribution in [2.75, 3.05) is 5.75 Å². The molecule has 3 nitrogen and oxygen atoms in total. The highest BCUT2D eigenvalue weighted by Gasteiger charge is 2.34. The molecule has 0 aromatic heterocycles. The number of allylic oxidation sites excluding steroid dienone is 3. The quantitative estimate of drug-likeness (QED) is 0.349. The van der Waals surface area contributed by atoms with Gasteiger partial charge in [-0.15, -0.1) is 11.8 Å². The fourth-order valence-corrected chi connectivity index (χ4v) is 3.72. The Kier molecular flexibility index (Phi) is 7.14. The minimum absolute atomic E-state index is 0.0337. The van der Waals surface area contributed by atoms with E-state index < -0.39 is 16.9 Å². The number of rotatable bonds is 5. The third-order valence-electron chi connectivity index (χ3n) is 3.25. The zero-order valence-corrected chi connectivity index (χ0v) is 16.3. The van der Waals surface area contributed by atoms with Gasteiger partial charge in [-0.1, -0.05) is 36.7 Å². The molecule has 2 rings (SSSR count). The summed E-state index contributed by atoms with van der Waals surface area (Å²) in [6.45, 7) is 3.73. The zero-order chi connectivity index (χ0) is 19.3. The lowest BCUT2D eigenvalue weighted by Gasteiger charge is -2.10. The van der Waals surface area contributed by atoms with Crippen LogP contribution in [0.15, 0.2) is 60.8 Å². The second-order valence-corrected chi connectivity index (χ2v) is 7.56. The standard InChI is InChI=1S/C17H15ClF3N3S2/c1-3-25-14-7-5-4-6-12(14)10(2)24-13-8-11(17(19,20)21)9-23-26-15(13)16(18)22/h4-9,22H,3H2,1-2H3. The van der Waals surface area contributed by atoms with Crippen LogP contribution in [0.2, 0.25) is 0 Å². The van der Waals surface area contributed by atoms with Crippen LogP contribution in [-0.2, 0) is 0 Å². The van der Waals surface area contributed by atoms with Crippen molar-refractivity contribution in [2.24, 2.45) is 9.39 Å². The van der Waals surface area contributed by atoms with E-state index in [-0.39, 0.29) is 10.6 Å². The molecule has 0 amide bonds. The first-order valence-corrected chi connectivity index (χ1v) is 9.63. The maximum absolute atomic E-state index is 13.1. The molecule has 1 aliphatic rings. The van der Waals surface area contributed by atoms with Crippen LogP contribution >= 0.6 is 35.3 Å². The highest BCUT2D eigenvalue weighted by molar-refractivity contribution is 8.03. The van der Waals surface area contributed by atoms with Crippen LogP contribution in [0, 0.1) is 5.41 Å². The normalized spacial score (nSPS) is 15.8. The van der Waals surface area contributed by atoms with Crippen LogP contribution in [0.5, 0.6) is 0 Å². The number of hydrogen-bond acceptors (Lipinski definition) is 5. The fourth-order valence-electron chi connectivity index (χ4n) is 2.11. The third-order valence-corrected chi connectivity index (χ3v) is 5.32. The van der Waals surface area contributed by atoms with Crippen molar-refractivity contribution in [1.82, 2.24) is 0 Å². The molecule has 0 bridgehead atoms. The summed E-state index contributed by atoms with van der Waals surface area (Å²) >= 11 is 8.06. The number of halogens is 4. The van der Waals surface area contributed by atoms with Gasteiger partial charge < -0.3 is 0 Å². The molecule has 1 aromatic rings. The van der Waals surface area contributed by atoms with E-state index >= 15 is 0 Å². The van der Waals surface area contributed by atoms with E-state index in [1.54, 1.807) is 18.7 Å². The summed E-state index contributed by atoms with van der Waals surface area (Å²) < 4.78 is 43.0. The van der Waals surface area contributed by atoms with Crippen LogP contribution in [0.1, 0.15) is 19.4 Å². The van der Waals surface area contributed by atoms with Gasteiger partial charge in [-0.3, -0.25) is 10.4 Å². The van der Waals surface area contributed by atoms with Crippen molar-refractivity contribution >= 4 is 52.4 Å². The summed E-state index contributed by atoms with van der Waals surface area (Å²) in [6, 6.07) is 7.53. The topological polar surface area (TPSA) is 48.6 Å². The molecule has 138 valence electrons. The molecule has 0 unspecified atom stereocenters. The van der Waals surface area contributed by atoms with Crippen LogP contribution in [-0.4, -0.2) is 29.0 Å². The molecule has 0 radical (unpaired) electrons. The van der Waals surface area contributed by atoms with Crippen LogP contribution in [0.25, 0.3) is 0 Å². The second kappa shape index (κ2) is 8.92. The average molecular weight is 418 g/mol. The summed E-state index contributed by atoms with van der Waals surface area (Å²) in [5.74, 6) is 0.854. The molecule has 1 aliphatic heterocycles. The predicted molar refractivity (Wildman–Crippen MR) is 106 cm³/mol. The van der Waals surface area contributed by atoms with Gasteiger partial charge in [0.2, 0.25) is 0 Å². The molecular formula is C17H15ClF3N3S2. The molecule has 0 spiro atoms. The molecular weight excluding hydrogens is 403 g/mol. The number of aliphatic imine (C=N–C) groups is 1. The van der Waals surface area contributed by atoms with Crippen molar-refractivity contribution in [3.63, 3.8) is 0 Å². The zero-order valence-electron chi connectivity index (χ0n) is 13.9.